The van der Waals surface area contributed by atoms with Crippen LogP contribution in [0.25, 0.3) is 0 Å². The third-order valence-electron chi connectivity index (χ3n) is 3.69. The fourth-order valence-corrected chi connectivity index (χ4v) is 3.10. The first kappa shape index (κ1) is 16.8. The van der Waals surface area contributed by atoms with Crippen LogP contribution in [0.5, 0.6) is 0 Å². The first-order valence-corrected chi connectivity index (χ1v) is 9.31. The topological polar surface area (TPSA) is 96.6 Å². The van der Waals surface area contributed by atoms with Crippen molar-refractivity contribution in [2.24, 2.45) is 10.7 Å². The van der Waals surface area contributed by atoms with E-state index >= 15 is 0 Å². The maximum absolute atomic E-state index is 11.2. The molecular formula is C15H24N4O2S. The molecule has 1 aliphatic carbocycles. The van der Waals surface area contributed by atoms with Gasteiger partial charge in [-0.25, -0.2) is 13.1 Å². The van der Waals surface area contributed by atoms with E-state index in [0.717, 1.165) is 18.5 Å². The van der Waals surface area contributed by atoms with Crippen molar-refractivity contribution in [3.8, 4) is 0 Å². The number of benzene rings is 1. The SMILES string of the molecule is CCS(=O)(=O)NCCCN=C(N)Nc1ccc2c(c1)CCC2. The largest absolute Gasteiger partial charge is 0.370 e. The molecule has 0 heterocycles. The standard InChI is InChI=1S/C15H24N4O2S/c1-2-22(20,21)18-10-4-9-17-15(16)19-14-8-7-12-5-3-6-13(12)11-14/h7-8,11,18H,2-6,9-10H2,1H3,(H3,16,17,19). The lowest BCUT2D eigenvalue weighted by Gasteiger charge is -2.08. The van der Waals surface area contributed by atoms with Crippen molar-refractivity contribution < 1.29 is 8.42 Å². The average molecular weight is 324 g/mol. The van der Waals surface area contributed by atoms with Crippen LogP contribution in [-0.2, 0) is 22.9 Å². The normalized spacial score (nSPS) is 14.9. The number of hydrogen-bond donors (Lipinski definition) is 3. The van der Waals surface area contributed by atoms with Crippen molar-refractivity contribution in [2.45, 2.75) is 32.6 Å². The van der Waals surface area contributed by atoms with E-state index in [0.29, 0.717) is 25.5 Å². The summed E-state index contributed by atoms with van der Waals surface area (Å²) < 4.78 is 25.0. The van der Waals surface area contributed by atoms with Crippen molar-refractivity contribution in [1.29, 1.82) is 0 Å². The zero-order valence-corrected chi connectivity index (χ0v) is 13.7. The van der Waals surface area contributed by atoms with Gasteiger partial charge in [-0.2, -0.15) is 0 Å². The van der Waals surface area contributed by atoms with Gasteiger partial charge in [-0.3, -0.25) is 4.99 Å². The summed E-state index contributed by atoms with van der Waals surface area (Å²) in [5.74, 6) is 0.453. The summed E-state index contributed by atoms with van der Waals surface area (Å²) in [5.41, 5.74) is 9.60. The molecule has 122 valence electrons. The Bertz CT molecular complexity index is 641. The van der Waals surface area contributed by atoms with Gasteiger partial charge in [0, 0.05) is 18.8 Å². The zero-order valence-electron chi connectivity index (χ0n) is 12.9. The molecule has 4 N–H and O–H groups in total. The number of sulfonamides is 1. The number of guanidine groups is 1. The van der Waals surface area contributed by atoms with Gasteiger partial charge in [-0.15, -0.1) is 0 Å². The second kappa shape index (κ2) is 7.60. The molecule has 0 saturated carbocycles. The average Bonchev–Trinajstić information content (AvgIpc) is 2.94. The number of fused-ring (bicyclic) bond motifs is 1. The predicted octanol–water partition coefficient (Wildman–Crippen LogP) is 1.23. The van der Waals surface area contributed by atoms with E-state index in [1.165, 1.54) is 17.5 Å². The lowest BCUT2D eigenvalue weighted by Crippen LogP contribution is -2.27. The summed E-state index contributed by atoms with van der Waals surface area (Å²) in [6, 6.07) is 6.28. The number of nitrogens with one attached hydrogen (secondary N) is 2. The number of rotatable bonds is 7. The lowest BCUT2D eigenvalue weighted by atomic mass is 10.1. The number of aliphatic imine (C=N–C) groups is 1. The van der Waals surface area contributed by atoms with Crippen LogP contribution in [0.4, 0.5) is 5.69 Å². The quantitative estimate of drug-likeness (QED) is 0.399. The Morgan fingerprint density at radius 1 is 1.32 bits per heavy atom. The van der Waals surface area contributed by atoms with E-state index in [-0.39, 0.29) is 5.75 Å². The molecule has 0 amide bonds. The summed E-state index contributed by atoms with van der Waals surface area (Å²) >= 11 is 0. The van der Waals surface area contributed by atoms with Gasteiger partial charge in [0.2, 0.25) is 10.0 Å². The summed E-state index contributed by atoms with van der Waals surface area (Å²) in [6.45, 7) is 2.47. The number of hydrogen-bond acceptors (Lipinski definition) is 3. The van der Waals surface area contributed by atoms with Crippen molar-refractivity contribution in [3.63, 3.8) is 0 Å². The van der Waals surface area contributed by atoms with Crippen molar-refractivity contribution in [1.82, 2.24) is 4.72 Å². The molecular weight excluding hydrogens is 300 g/mol. The van der Waals surface area contributed by atoms with Gasteiger partial charge in [-0.1, -0.05) is 6.07 Å². The lowest BCUT2D eigenvalue weighted by molar-refractivity contribution is 0.581. The van der Waals surface area contributed by atoms with Gasteiger partial charge in [0.1, 0.15) is 0 Å². The molecule has 0 radical (unpaired) electrons. The van der Waals surface area contributed by atoms with Crippen molar-refractivity contribution >= 4 is 21.7 Å². The number of nitrogens with zero attached hydrogens (tertiary/aromatic N) is 1. The minimum Gasteiger partial charge on any atom is -0.370 e. The molecule has 0 atom stereocenters. The molecule has 0 aliphatic heterocycles. The highest BCUT2D eigenvalue weighted by Gasteiger charge is 2.10. The number of aryl methyl sites for hydroxylation is 2. The smallest absolute Gasteiger partial charge is 0.211 e. The summed E-state index contributed by atoms with van der Waals surface area (Å²) in [6.07, 6.45) is 4.12. The van der Waals surface area contributed by atoms with Crippen LogP contribution in [0.3, 0.4) is 0 Å². The van der Waals surface area contributed by atoms with Crippen LogP contribution in [-0.4, -0.2) is 33.2 Å². The van der Waals surface area contributed by atoms with E-state index < -0.39 is 10.0 Å². The zero-order chi connectivity index (χ0) is 16.0. The highest BCUT2D eigenvalue weighted by molar-refractivity contribution is 7.89. The van der Waals surface area contributed by atoms with Crippen LogP contribution in [0.15, 0.2) is 23.2 Å². The molecule has 7 heteroatoms. The number of anilines is 1. The van der Waals surface area contributed by atoms with Crippen LogP contribution < -0.4 is 15.8 Å². The Balaban J connectivity index is 1.76. The van der Waals surface area contributed by atoms with Gasteiger partial charge in [0.15, 0.2) is 5.96 Å². The third-order valence-corrected chi connectivity index (χ3v) is 5.09. The molecule has 0 bridgehead atoms. The molecule has 0 fully saturated rings. The summed E-state index contributed by atoms with van der Waals surface area (Å²) in [7, 11) is -3.12. The van der Waals surface area contributed by atoms with Gasteiger partial charge >= 0.3 is 0 Å². The monoisotopic (exact) mass is 324 g/mol. The van der Waals surface area contributed by atoms with Crippen molar-refractivity contribution in [3.05, 3.63) is 29.3 Å². The Kier molecular flexibility index (Phi) is 5.79. The van der Waals surface area contributed by atoms with E-state index in [9.17, 15) is 8.42 Å². The minimum atomic E-state index is -3.12. The fraction of sp³-hybridized carbons (Fsp3) is 0.533. The Morgan fingerprint density at radius 2 is 2.09 bits per heavy atom. The fourth-order valence-electron chi connectivity index (χ4n) is 2.45. The van der Waals surface area contributed by atoms with E-state index in [1.54, 1.807) is 6.92 Å². The van der Waals surface area contributed by atoms with E-state index in [2.05, 4.69) is 27.2 Å². The predicted molar refractivity (Wildman–Crippen MR) is 90.7 cm³/mol. The molecule has 1 aromatic rings. The van der Waals surface area contributed by atoms with E-state index in [4.69, 9.17) is 5.73 Å². The first-order chi connectivity index (χ1) is 10.5. The number of nitrogens with two attached hydrogens (primary N) is 1. The van der Waals surface area contributed by atoms with Crippen LogP contribution in [0, 0.1) is 0 Å². The van der Waals surface area contributed by atoms with Gasteiger partial charge in [-0.05, 0) is 55.9 Å². The van der Waals surface area contributed by atoms with Crippen molar-refractivity contribution in [2.75, 3.05) is 24.2 Å². The van der Waals surface area contributed by atoms with Gasteiger partial charge in [0.25, 0.3) is 0 Å². The van der Waals surface area contributed by atoms with Gasteiger partial charge in [0.05, 0.1) is 5.75 Å². The molecule has 1 aromatic carbocycles. The summed E-state index contributed by atoms with van der Waals surface area (Å²) in [5, 5.41) is 3.08. The molecule has 0 unspecified atom stereocenters. The maximum atomic E-state index is 11.2. The van der Waals surface area contributed by atoms with Crippen LogP contribution in [0.2, 0.25) is 0 Å². The molecule has 0 spiro atoms. The minimum absolute atomic E-state index is 0.0955. The highest BCUT2D eigenvalue weighted by Crippen LogP contribution is 2.24. The van der Waals surface area contributed by atoms with Crippen LogP contribution in [0.1, 0.15) is 30.9 Å². The molecule has 22 heavy (non-hydrogen) atoms. The van der Waals surface area contributed by atoms with Crippen LogP contribution >= 0.6 is 0 Å². The molecule has 1 aliphatic rings. The molecule has 0 aromatic heterocycles. The van der Waals surface area contributed by atoms with Gasteiger partial charge < -0.3 is 11.1 Å². The molecule has 6 nitrogen and oxygen atoms in total. The van der Waals surface area contributed by atoms with E-state index in [1.807, 2.05) is 6.07 Å². The Labute approximate surface area is 132 Å². The summed E-state index contributed by atoms with van der Waals surface area (Å²) in [4.78, 5) is 4.21. The third kappa shape index (κ3) is 4.99. The first-order valence-electron chi connectivity index (χ1n) is 7.66. The Hall–Kier alpha value is -1.60. The molecule has 0 saturated heterocycles. The Morgan fingerprint density at radius 3 is 2.86 bits per heavy atom. The highest BCUT2D eigenvalue weighted by atomic mass is 32.2. The molecule has 2 rings (SSSR count). The second-order valence-electron chi connectivity index (χ2n) is 5.38. The second-order valence-corrected chi connectivity index (χ2v) is 7.48. The maximum Gasteiger partial charge on any atom is 0.211 e.